The molecule has 1 saturated heterocycles. The number of hydrogen-bond acceptors (Lipinski definition) is 2. The van der Waals surface area contributed by atoms with Crippen molar-refractivity contribution in [3.63, 3.8) is 0 Å². The molecule has 2 aromatic carbocycles. The first-order valence-corrected chi connectivity index (χ1v) is 10.4. The Morgan fingerprint density at radius 1 is 1.03 bits per heavy atom. The molecule has 3 N–H and O–H groups in total. The van der Waals surface area contributed by atoms with Gasteiger partial charge in [0, 0.05) is 55.9 Å². The highest BCUT2D eigenvalue weighted by atomic mass is 127. The molecule has 6 heteroatoms. The van der Waals surface area contributed by atoms with Crippen molar-refractivity contribution in [3.05, 3.63) is 71.9 Å². The van der Waals surface area contributed by atoms with Crippen LogP contribution in [0.3, 0.4) is 0 Å². The summed E-state index contributed by atoms with van der Waals surface area (Å²) >= 11 is 0. The van der Waals surface area contributed by atoms with E-state index in [-0.39, 0.29) is 29.4 Å². The highest BCUT2D eigenvalue weighted by Gasteiger charge is 2.34. The number of benzene rings is 2. The number of nitrogens with zero attached hydrogens (tertiary/aromatic N) is 1. The second-order valence-corrected chi connectivity index (χ2v) is 7.72. The van der Waals surface area contributed by atoms with Crippen LogP contribution < -0.4 is 10.6 Å². The molecule has 0 atom stereocenters. The van der Waals surface area contributed by atoms with Gasteiger partial charge in [0.2, 0.25) is 0 Å². The topological polar surface area (TPSA) is 61.4 Å². The highest BCUT2D eigenvalue weighted by Crippen LogP contribution is 2.34. The molecule has 1 fully saturated rings. The van der Waals surface area contributed by atoms with E-state index in [2.05, 4.69) is 81.4 Å². The summed E-state index contributed by atoms with van der Waals surface area (Å²) < 4.78 is 5.64. The molecule has 1 aliphatic rings. The molecule has 5 nitrogen and oxygen atoms in total. The zero-order chi connectivity index (χ0) is 19.9. The predicted molar refractivity (Wildman–Crippen MR) is 135 cm³/mol. The Hall–Kier alpha value is -2.06. The lowest BCUT2D eigenvalue weighted by Crippen LogP contribution is -2.48. The van der Waals surface area contributed by atoms with E-state index >= 15 is 0 Å². The lowest BCUT2D eigenvalue weighted by Gasteiger charge is -2.38. The van der Waals surface area contributed by atoms with Crippen molar-refractivity contribution in [1.82, 2.24) is 15.6 Å². The molecule has 0 amide bonds. The molecule has 0 spiro atoms. The van der Waals surface area contributed by atoms with Crippen molar-refractivity contribution < 1.29 is 4.74 Å². The fourth-order valence-electron chi connectivity index (χ4n) is 4.25. The third-order valence-electron chi connectivity index (χ3n) is 6.02. The summed E-state index contributed by atoms with van der Waals surface area (Å²) in [6.45, 7) is 3.31. The van der Waals surface area contributed by atoms with Crippen LogP contribution in [0.25, 0.3) is 10.9 Å². The van der Waals surface area contributed by atoms with Gasteiger partial charge in [-0.25, -0.2) is 0 Å². The zero-order valence-corrected chi connectivity index (χ0v) is 19.8. The molecule has 1 aliphatic heterocycles. The summed E-state index contributed by atoms with van der Waals surface area (Å²) in [6.07, 6.45) is 5.10. The van der Waals surface area contributed by atoms with Crippen molar-refractivity contribution >= 4 is 40.8 Å². The molecule has 1 aromatic heterocycles. The minimum Gasteiger partial charge on any atom is -0.381 e. The van der Waals surface area contributed by atoms with Gasteiger partial charge in [-0.2, -0.15) is 0 Å². The number of halogens is 1. The van der Waals surface area contributed by atoms with Crippen LogP contribution in [0, 0.1) is 0 Å². The largest absolute Gasteiger partial charge is 0.381 e. The van der Waals surface area contributed by atoms with Crippen LogP contribution in [0.2, 0.25) is 0 Å². The van der Waals surface area contributed by atoms with E-state index in [1.165, 1.54) is 22.0 Å². The van der Waals surface area contributed by atoms with Crippen LogP contribution >= 0.6 is 24.0 Å². The van der Waals surface area contributed by atoms with Crippen molar-refractivity contribution in [2.75, 3.05) is 33.4 Å². The van der Waals surface area contributed by atoms with E-state index in [9.17, 15) is 0 Å². The van der Waals surface area contributed by atoms with Crippen molar-refractivity contribution in [3.8, 4) is 0 Å². The summed E-state index contributed by atoms with van der Waals surface area (Å²) in [5.41, 5.74) is 3.99. The maximum absolute atomic E-state index is 5.64. The lowest BCUT2D eigenvalue weighted by molar-refractivity contribution is 0.0514. The molecule has 0 bridgehead atoms. The maximum atomic E-state index is 5.64. The van der Waals surface area contributed by atoms with E-state index in [1.54, 1.807) is 0 Å². The minimum absolute atomic E-state index is 0. The fraction of sp³-hybridized carbons (Fsp3) is 0.375. The van der Waals surface area contributed by atoms with Crippen molar-refractivity contribution in [2.24, 2.45) is 4.99 Å². The molecular formula is C24H31IN4O. The van der Waals surface area contributed by atoms with Gasteiger partial charge >= 0.3 is 0 Å². The smallest absolute Gasteiger partial charge is 0.191 e. The Morgan fingerprint density at radius 3 is 2.53 bits per heavy atom. The second kappa shape index (κ2) is 10.8. The molecule has 0 unspecified atom stereocenters. The van der Waals surface area contributed by atoms with E-state index in [1.807, 2.05) is 7.05 Å². The second-order valence-electron chi connectivity index (χ2n) is 7.72. The van der Waals surface area contributed by atoms with Crippen LogP contribution in [0.15, 0.2) is 65.8 Å². The number of ether oxygens (including phenoxy) is 1. The number of aliphatic imine (C=N–C) groups is 1. The molecule has 30 heavy (non-hydrogen) atoms. The first kappa shape index (κ1) is 22.6. The van der Waals surface area contributed by atoms with Crippen molar-refractivity contribution in [1.29, 1.82) is 0 Å². The highest BCUT2D eigenvalue weighted by molar-refractivity contribution is 14.0. The first-order chi connectivity index (χ1) is 14.3. The van der Waals surface area contributed by atoms with Crippen LogP contribution in [-0.4, -0.2) is 44.3 Å². The summed E-state index contributed by atoms with van der Waals surface area (Å²) in [7, 11) is 1.83. The third-order valence-corrected chi connectivity index (χ3v) is 6.02. The average Bonchev–Trinajstić information content (AvgIpc) is 3.20. The molecule has 2 heterocycles. The predicted octanol–water partition coefficient (Wildman–Crippen LogP) is 4.24. The van der Waals surface area contributed by atoms with Gasteiger partial charge in [-0.1, -0.05) is 48.5 Å². The van der Waals surface area contributed by atoms with Crippen LogP contribution in [0.5, 0.6) is 0 Å². The number of para-hydroxylation sites is 1. The van der Waals surface area contributed by atoms with Gasteiger partial charge in [0.1, 0.15) is 0 Å². The lowest BCUT2D eigenvalue weighted by atomic mass is 9.74. The Morgan fingerprint density at radius 2 is 1.77 bits per heavy atom. The number of fused-ring (bicyclic) bond motifs is 1. The number of aromatic nitrogens is 1. The summed E-state index contributed by atoms with van der Waals surface area (Å²) in [5, 5.41) is 8.34. The average molecular weight is 518 g/mol. The third kappa shape index (κ3) is 5.16. The number of guanidine groups is 1. The molecule has 0 saturated carbocycles. The van der Waals surface area contributed by atoms with Crippen LogP contribution in [0.1, 0.15) is 24.0 Å². The summed E-state index contributed by atoms with van der Waals surface area (Å²) in [4.78, 5) is 7.78. The van der Waals surface area contributed by atoms with Crippen LogP contribution in [-0.2, 0) is 16.6 Å². The van der Waals surface area contributed by atoms with E-state index in [4.69, 9.17) is 4.74 Å². The molecule has 3 aromatic rings. The first-order valence-electron chi connectivity index (χ1n) is 10.4. The van der Waals surface area contributed by atoms with E-state index in [0.29, 0.717) is 0 Å². The fourth-order valence-corrected chi connectivity index (χ4v) is 4.25. The number of aromatic amines is 1. The number of H-pyrrole nitrogens is 1. The standard InChI is InChI=1S/C24H30N4O.HI/c1-25-23(26-14-11-19-17-27-22-10-6-5-9-21(19)22)28-18-24(12-15-29-16-13-24)20-7-3-2-4-8-20;/h2-10,17,27H,11-16,18H2,1H3,(H2,25,26,28);1H. The summed E-state index contributed by atoms with van der Waals surface area (Å²) in [6, 6.07) is 19.2. The molecule has 0 aliphatic carbocycles. The number of nitrogens with one attached hydrogen (secondary N) is 3. The van der Waals surface area contributed by atoms with Gasteiger partial charge < -0.3 is 20.4 Å². The minimum atomic E-state index is 0. The normalized spacial score (nSPS) is 16.1. The quantitative estimate of drug-likeness (QED) is 0.260. The number of hydrogen-bond donors (Lipinski definition) is 3. The molecule has 4 rings (SSSR count). The number of rotatable bonds is 6. The van der Waals surface area contributed by atoms with Gasteiger partial charge in [0.25, 0.3) is 0 Å². The molecule has 160 valence electrons. The molecule has 0 radical (unpaired) electrons. The van der Waals surface area contributed by atoms with Gasteiger partial charge in [0.05, 0.1) is 0 Å². The Balaban J connectivity index is 0.00000256. The van der Waals surface area contributed by atoms with Crippen LogP contribution in [0.4, 0.5) is 0 Å². The summed E-state index contributed by atoms with van der Waals surface area (Å²) in [5.74, 6) is 0.853. The monoisotopic (exact) mass is 518 g/mol. The van der Waals surface area contributed by atoms with E-state index < -0.39 is 0 Å². The van der Waals surface area contributed by atoms with Gasteiger partial charge in [-0.3, -0.25) is 4.99 Å². The SMILES string of the molecule is CN=C(NCCc1c[nH]c2ccccc12)NCC1(c2ccccc2)CCOCC1.I. The Labute approximate surface area is 195 Å². The Kier molecular flexibility index (Phi) is 8.16. The Bertz CT molecular complexity index is 948. The van der Waals surface area contributed by atoms with Gasteiger partial charge in [0.15, 0.2) is 5.96 Å². The zero-order valence-electron chi connectivity index (χ0n) is 17.5. The maximum Gasteiger partial charge on any atom is 0.191 e. The van der Waals surface area contributed by atoms with E-state index in [0.717, 1.165) is 51.5 Å². The van der Waals surface area contributed by atoms with Gasteiger partial charge in [-0.15, -0.1) is 24.0 Å². The van der Waals surface area contributed by atoms with Gasteiger partial charge in [-0.05, 0) is 36.5 Å². The molecular weight excluding hydrogens is 487 g/mol. The van der Waals surface area contributed by atoms with Crippen molar-refractivity contribution in [2.45, 2.75) is 24.7 Å².